The number of hydrogen-bond donors (Lipinski definition) is 2. The Balaban J connectivity index is 2.04. The first kappa shape index (κ1) is 14.6. The molecule has 1 aromatic carbocycles. The Hall–Kier alpha value is -1.84. The predicted octanol–water partition coefficient (Wildman–Crippen LogP) is 2.67. The number of carbonyl (C=O) groups is 2. The summed E-state index contributed by atoms with van der Waals surface area (Å²) < 4.78 is 0. The number of rotatable bonds is 4. The number of hydrogen-bond acceptors (Lipinski definition) is 2. The maximum atomic E-state index is 12.3. The van der Waals surface area contributed by atoms with Crippen LogP contribution in [0.2, 0.25) is 0 Å². The third kappa shape index (κ3) is 3.00. The van der Waals surface area contributed by atoms with Crippen LogP contribution in [0.25, 0.3) is 0 Å². The van der Waals surface area contributed by atoms with Gasteiger partial charge >= 0.3 is 5.97 Å². The highest BCUT2D eigenvalue weighted by Crippen LogP contribution is 2.32. The Morgan fingerprint density at radius 1 is 1.25 bits per heavy atom. The molecular formula is C16H21NO3. The highest BCUT2D eigenvalue weighted by molar-refractivity contribution is 5.85. The molecule has 0 aromatic heterocycles. The Morgan fingerprint density at radius 3 is 2.55 bits per heavy atom. The van der Waals surface area contributed by atoms with E-state index in [0.717, 1.165) is 17.5 Å². The first-order valence-corrected chi connectivity index (χ1v) is 7.09. The average molecular weight is 275 g/mol. The van der Waals surface area contributed by atoms with Gasteiger partial charge in [-0.2, -0.15) is 0 Å². The molecule has 4 nitrogen and oxygen atoms in total. The van der Waals surface area contributed by atoms with Crippen molar-refractivity contribution in [2.45, 2.75) is 39.2 Å². The van der Waals surface area contributed by atoms with Gasteiger partial charge in [-0.25, -0.2) is 0 Å². The van der Waals surface area contributed by atoms with Gasteiger partial charge in [0.15, 0.2) is 0 Å². The molecular weight excluding hydrogens is 254 g/mol. The van der Waals surface area contributed by atoms with Gasteiger partial charge in [0, 0.05) is 0 Å². The van der Waals surface area contributed by atoms with Gasteiger partial charge in [-0.1, -0.05) is 30.7 Å². The molecule has 2 unspecified atom stereocenters. The van der Waals surface area contributed by atoms with Crippen LogP contribution >= 0.6 is 0 Å². The van der Waals surface area contributed by atoms with E-state index in [-0.39, 0.29) is 17.9 Å². The minimum atomic E-state index is -0.855. The van der Waals surface area contributed by atoms with Gasteiger partial charge in [-0.15, -0.1) is 0 Å². The summed E-state index contributed by atoms with van der Waals surface area (Å²) in [6, 6.07) is 7.81. The van der Waals surface area contributed by atoms with E-state index >= 15 is 0 Å². The second-order valence-corrected chi connectivity index (χ2v) is 5.57. The molecule has 4 heteroatoms. The molecule has 0 saturated heterocycles. The highest BCUT2D eigenvalue weighted by Gasteiger charge is 2.38. The molecule has 1 aliphatic rings. The maximum absolute atomic E-state index is 12.3. The largest absolute Gasteiger partial charge is 0.481 e. The maximum Gasteiger partial charge on any atom is 0.307 e. The Bertz CT molecular complexity index is 512. The van der Waals surface area contributed by atoms with Gasteiger partial charge in [0.25, 0.3) is 0 Å². The Kier molecular flexibility index (Phi) is 4.42. The molecule has 2 N–H and O–H groups in total. The van der Waals surface area contributed by atoms with Crippen molar-refractivity contribution in [3.8, 4) is 0 Å². The van der Waals surface area contributed by atoms with Crippen LogP contribution in [0.15, 0.2) is 24.3 Å². The normalized spacial score (nSPS) is 23.3. The summed E-state index contributed by atoms with van der Waals surface area (Å²) in [5, 5.41) is 12.1. The number of aryl methyl sites for hydroxylation is 1. The summed E-state index contributed by atoms with van der Waals surface area (Å²) in [4.78, 5) is 23.4. The molecule has 108 valence electrons. The molecule has 0 radical (unpaired) electrons. The predicted molar refractivity (Wildman–Crippen MR) is 76.2 cm³/mol. The third-order valence-corrected chi connectivity index (χ3v) is 4.18. The fraction of sp³-hybridized carbons (Fsp3) is 0.500. The quantitative estimate of drug-likeness (QED) is 0.887. The summed E-state index contributed by atoms with van der Waals surface area (Å²) in [7, 11) is 0. The van der Waals surface area contributed by atoms with Gasteiger partial charge in [0.05, 0.1) is 17.9 Å². The molecule has 1 fully saturated rings. The van der Waals surface area contributed by atoms with Crippen molar-refractivity contribution in [3.05, 3.63) is 35.4 Å². The van der Waals surface area contributed by atoms with E-state index in [4.69, 9.17) is 5.11 Å². The van der Waals surface area contributed by atoms with Crippen LogP contribution in [0.5, 0.6) is 0 Å². The van der Waals surface area contributed by atoms with Gasteiger partial charge in [0.2, 0.25) is 5.91 Å². The smallest absolute Gasteiger partial charge is 0.307 e. The molecule has 1 saturated carbocycles. The van der Waals surface area contributed by atoms with Crippen molar-refractivity contribution in [1.82, 2.24) is 5.32 Å². The van der Waals surface area contributed by atoms with E-state index in [1.165, 1.54) is 0 Å². The highest BCUT2D eigenvalue weighted by atomic mass is 16.4. The van der Waals surface area contributed by atoms with E-state index < -0.39 is 11.9 Å². The molecule has 1 amide bonds. The van der Waals surface area contributed by atoms with Crippen molar-refractivity contribution in [2.75, 3.05) is 0 Å². The molecule has 3 atom stereocenters. The van der Waals surface area contributed by atoms with E-state index in [1.807, 2.05) is 38.1 Å². The minimum Gasteiger partial charge on any atom is -0.481 e. The SMILES string of the molecule is Cc1ccccc1[C@H](C)NC(=O)C1CCCC1C(=O)O. The first-order valence-electron chi connectivity index (χ1n) is 7.09. The molecule has 0 spiro atoms. The number of benzene rings is 1. The number of carbonyl (C=O) groups excluding carboxylic acids is 1. The third-order valence-electron chi connectivity index (χ3n) is 4.18. The van der Waals surface area contributed by atoms with Crippen LogP contribution in [0.1, 0.15) is 43.4 Å². The van der Waals surface area contributed by atoms with Gasteiger partial charge in [0.1, 0.15) is 0 Å². The van der Waals surface area contributed by atoms with Crippen LogP contribution in [-0.2, 0) is 9.59 Å². The van der Waals surface area contributed by atoms with Crippen LogP contribution in [0.3, 0.4) is 0 Å². The summed E-state index contributed by atoms with van der Waals surface area (Å²) in [5.74, 6) is -1.91. The number of aliphatic carboxylic acids is 1. The van der Waals surface area contributed by atoms with Crippen molar-refractivity contribution >= 4 is 11.9 Å². The zero-order chi connectivity index (χ0) is 14.7. The first-order chi connectivity index (χ1) is 9.50. The van der Waals surface area contributed by atoms with Crippen molar-refractivity contribution in [1.29, 1.82) is 0 Å². The molecule has 0 bridgehead atoms. The van der Waals surface area contributed by atoms with Crippen LogP contribution in [-0.4, -0.2) is 17.0 Å². The molecule has 2 rings (SSSR count). The molecule has 0 heterocycles. The lowest BCUT2D eigenvalue weighted by Crippen LogP contribution is -2.36. The standard InChI is InChI=1S/C16H21NO3/c1-10-6-3-4-7-12(10)11(2)17-15(18)13-8-5-9-14(13)16(19)20/h3-4,6-7,11,13-14H,5,8-9H2,1-2H3,(H,17,18)(H,19,20)/t11-,13?,14?/m0/s1. The molecule has 1 aliphatic carbocycles. The number of amides is 1. The zero-order valence-electron chi connectivity index (χ0n) is 11.9. The lowest BCUT2D eigenvalue weighted by molar-refractivity contribution is -0.146. The van der Waals surface area contributed by atoms with E-state index in [9.17, 15) is 9.59 Å². The topological polar surface area (TPSA) is 66.4 Å². The number of carboxylic acids is 1. The van der Waals surface area contributed by atoms with Crippen molar-refractivity contribution in [2.24, 2.45) is 11.8 Å². The van der Waals surface area contributed by atoms with E-state index in [1.54, 1.807) is 0 Å². The second kappa shape index (κ2) is 6.07. The van der Waals surface area contributed by atoms with Crippen molar-refractivity contribution < 1.29 is 14.7 Å². The summed E-state index contributed by atoms with van der Waals surface area (Å²) in [6.07, 6.45) is 2.09. The summed E-state index contributed by atoms with van der Waals surface area (Å²) in [5.41, 5.74) is 2.20. The fourth-order valence-electron chi connectivity index (χ4n) is 3.04. The average Bonchev–Trinajstić information content (AvgIpc) is 2.88. The lowest BCUT2D eigenvalue weighted by Gasteiger charge is -2.21. The number of nitrogens with one attached hydrogen (secondary N) is 1. The zero-order valence-corrected chi connectivity index (χ0v) is 11.9. The molecule has 20 heavy (non-hydrogen) atoms. The van der Waals surface area contributed by atoms with E-state index in [2.05, 4.69) is 5.32 Å². The monoisotopic (exact) mass is 275 g/mol. The Morgan fingerprint density at radius 2 is 1.90 bits per heavy atom. The molecule has 0 aliphatic heterocycles. The number of carboxylic acid groups (broad SMARTS) is 1. The van der Waals surface area contributed by atoms with Gasteiger partial charge in [-0.05, 0) is 37.8 Å². The summed E-state index contributed by atoms with van der Waals surface area (Å²) in [6.45, 7) is 3.94. The lowest BCUT2D eigenvalue weighted by atomic mass is 9.94. The summed E-state index contributed by atoms with van der Waals surface area (Å²) >= 11 is 0. The van der Waals surface area contributed by atoms with Crippen LogP contribution < -0.4 is 5.32 Å². The molecule has 1 aromatic rings. The van der Waals surface area contributed by atoms with Gasteiger partial charge < -0.3 is 10.4 Å². The fourth-order valence-corrected chi connectivity index (χ4v) is 3.04. The van der Waals surface area contributed by atoms with Crippen LogP contribution in [0.4, 0.5) is 0 Å². The van der Waals surface area contributed by atoms with Crippen LogP contribution in [0, 0.1) is 18.8 Å². The Labute approximate surface area is 119 Å². The van der Waals surface area contributed by atoms with E-state index in [0.29, 0.717) is 12.8 Å². The van der Waals surface area contributed by atoms with Gasteiger partial charge in [-0.3, -0.25) is 9.59 Å². The second-order valence-electron chi connectivity index (χ2n) is 5.57. The van der Waals surface area contributed by atoms with Crippen molar-refractivity contribution in [3.63, 3.8) is 0 Å². The minimum absolute atomic E-state index is 0.0984.